The number of hydrogen-bond donors (Lipinski definition) is 2. The lowest BCUT2D eigenvalue weighted by atomic mass is 10.1. The van der Waals surface area contributed by atoms with Crippen molar-refractivity contribution < 1.29 is 0 Å². The smallest absolute Gasteiger partial charge is 0.191 e. The van der Waals surface area contributed by atoms with Crippen LogP contribution in [-0.4, -0.2) is 24.0 Å². The number of guanidine groups is 1. The monoisotopic (exact) mass is 408 g/mol. The zero-order chi connectivity index (χ0) is 17.9. The predicted octanol–water partition coefficient (Wildman–Crippen LogP) is 4.22. The number of benzene rings is 2. The quantitative estimate of drug-likeness (QED) is 0.501. The van der Waals surface area contributed by atoms with Gasteiger partial charge in [-0.3, -0.25) is 9.98 Å². The fourth-order valence-corrected chi connectivity index (χ4v) is 3.56. The first-order valence-electron chi connectivity index (χ1n) is 8.80. The van der Waals surface area contributed by atoms with E-state index < -0.39 is 0 Å². The van der Waals surface area contributed by atoms with Crippen molar-refractivity contribution in [3.63, 3.8) is 0 Å². The SMILES string of the molecule is CN=C(NCc1ccnc2ccccc12)NC1CC1c1ccc(Br)cc1. The molecule has 2 atom stereocenters. The number of hydrogen-bond acceptors (Lipinski definition) is 2. The van der Waals surface area contributed by atoms with Crippen molar-refractivity contribution in [1.82, 2.24) is 15.6 Å². The zero-order valence-corrected chi connectivity index (χ0v) is 16.2. The van der Waals surface area contributed by atoms with Crippen molar-refractivity contribution in [2.45, 2.75) is 24.9 Å². The molecular formula is C21H21BrN4. The Morgan fingerprint density at radius 2 is 1.96 bits per heavy atom. The number of rotatable bonds is 4. The summed E-state index contributed by atoms with van der Waals surface area (Å²) >= 11 is 3.49. The Kier molecular flexibility index (Phi) is 4.89. The summed E-state index contributed by atoms with van der Waals surface area (Å²) in [6.07, 6.45) is 3.00. The van der Waals surface area contributed by atoms with Gasteiger partial charge >= 0.3 is 0 Å². The number of aromatic nitrogens is 1. The molecule has 26 heavy (non-hydrogen) atoms. The minimum atomic E-state index is 0.441. The highest BCUT2D eigenvalue weighted by molar-refractivity contribution is 9.10. The minimum absolute atomic E-state index is 0.441. The molecule has 1 aromatic heterocycles. The van der Waals surface area contributed by atoms with Gasteiger partial charge in [0.15, 0.2) is 5.96 Å². The number of aliphatic imine (C=N–C) groups is 1. The molecule has 0 saturated heterocycles. The van der Waals surface area contributed by atoms with Crippen LogP contribution in [0.3, 0.4) is 0 Å². The summed E-state index contributed by atoms with van der Waals surface area (Å²) in [5.41, 5.74) is 3.62. The molecule has 132 valence electrons. The molecule has 0 aliphatic heterocycles. The number of pyridine rings is 1. The summed E-state index contributed by atoms with van der Waals surface area (Å²) in [5.74, 6) is 1.40. The molecule has 1 heterocycles. The molecule has 2 aromatic carbocycles. The summed E-state index contributed by atoms with van der Waals surface area (Å²) < 4.78 is 1.12. The van der Waals surface area contributed by atoms with Crippen LogP contribution >= 0.6 is 15.9 Å². The van der Waals surface area contributed by atoms with E-state index >= 15 is 0 Å². The second kappa shape index (κ2) is 7.46. The van der Waals surface area contributed by atoms with Crippen LogP contribution in [0.15, 0.2) is 70.3 Å². The molecule has 0 spiro atoms. The minimum Gasteiger partial charge on any atom is -0.353 e. The van der Waals surface area contributed by atoms with Crippen LogP contribution in [0.25, 0.3) is 10.9 Å². The molecule has 5 heteroatoms. The van der Waals surface area contributed by atoms with E-state index in [1.54, 1.807) is 0 Å². The van der Waals surface area contributed by atoms with E-state index in [1.165, 1.54) is 16.5 Å². The Morgan fingerprint density at radius 3 is 2.77 bits per heavy atom. The van der Waals surface area contributed by atoms with E-state index in [0.29, 0.717) is 12.0 Å². The van der Waals surface area contributed by atoms with E-state index in [1.807, 2.05) is 31.4 Å². The summed E-state index contributed by atoms with van der Waals surface area (Å²) in [7, 11) is 1.82. The van der Waals surface area contributed by atoms with Gasteiger partial charge in [0.1, 0.15) is 0 Å². The Hall–Kier alpha value is -2.40. The molecule has 4 nitrogen and oxygen atoms in total. The van der Waals surface area contributed by atoms with Gasteiger partial charge in [-0.2, -0.15) is 0 Å². The van der Waals surface area contributed by atoms with Crippen molar-refractivity contribution in [2.75, 3.05) is 7.05 Å². The van der Waals surface area contributed by atoms with Gasteiger partial charge in [-0.05, 0) is 41.8 Å². The second-order valence-electron chi connectivity index (χ2n) is 6.56. The van der Waals surface area contributed by atoms with E-state index in [2.05, 4.69) is 72.9 Å². The number of halogens is 1. The maximum absolute atomic E-state index is 4.42. The fourth-order valence-electron chi connectivity index (χ4n) is 3.29. The van der Waals surface area contributed by atoms with Crippen molar-refractivity contribution >= 4 is 32.8 Å². The Morgan fingerprint density at radius 1 is 1.15 bits per heavy atom. The van der Waals surface area contributed by atoms with E-state index in [-0.39, 0.29) is 0 Å². The summed E-state index contributed by atoms with van der Waals surface area (Å²) in [6, 6.07) is 19.3. The van der Waals surface area contributed by atoms with Gasteiger partial charge in [0.05, 0.1) is 5.52 Å². The Labute approximate surface area is 161 Å². The first-order valence-corrected chi connectivity index (χ1v) is 9.59. The fraction of sp³-hybridized carbons (Fsp3) is 0.238. The number of fused-ring (bicyclic) bond motifs is 1. The van der Waals surface area contributed by atoms with Gasteiger partial charge < -0.3 is 10.6 Å². The van der Waals surface area contributed by atoms with E-state index in [9.17, 15) is 0 Å². The van der Waals surface area contributed by atoms with E-state index in [0.717, 1.165) is 28.9 Å². The van der Waals surface area contributed by atoms with Gasteiger partial charge in [0, 0.05) is 41.6 Å². The molecule has 1 fully saturated rings. The van der Waals surface area contributed by atoms with Gasteiger partial charge in [-0.1, -0.05) is 46.3 Å². The molecular weight excluding hydrogens is 388 g/mol. The second-order valence-corrected chi connectivity index (χ2v) is 7.47. The maximum Gasteiger partial charge on any atom is 0.191 e. The molecule has 2 unspecified atom stereocenters. The number of nitrogens with zero attached hydrogens (tertiary/aromatic N) is 2. The summed E-state index contributed by atoms with van der Waals surface area (Å²) in [6.45, 7) is 0.721. The van der Waals surface area contributed by atoms with Gasteiger partial charge in [-0.15, -0.1) is 0 Å². The standard InChI is InChI=1S/C21H21BrN4/c1-23-21(26-20-12-18(20)14-6-8-16(22)9-7-14)25-13-15-10-11-24-19-5-3-2-4-17(15)19/h2-11,18,20H,12-13H2,1H3,(H2,23,25,26). The molecule has 1 aliphatic carbocycles. The zero-order valence-electron chi connectivity index (χ0n) is 14.6. The number of para-hydroxylation sites is 1. The van der Waals surface area contributed by atoms with Crippen LogP contribution in [0.5, 0.6) is 0 Å². The lowest BCUT2D eigenvalue weighted by molar-refractivity contribution is 0.791. The van der Waals surface area contributed by atoms with Crippen LogP contribution in [0.2, 0.25) is 0 Å². The summed E-state index contributed by atoms with van der Waals surface area (Å²) in [5, 5.41) is 8.15. The van der Waals surface area contributed by atoms with Crippen LogP contribution in [0, 0.1) is 0 Å². The van der Waals surface area contributed by atoms with Gasteiger partial charge in [0.2, 0.25) is 0 Å². The topological polar surface area (TPSA) is 49.3 Å². The Balaban J connectivity index is 1.38. The third-order valence-corrected chi connectivity index (χ3v) is 5.35. The average Bonchev–Trinajstić information content (AvgIpc) is 3.45. The van der Waals surface area contributed by atoms with Crippen molar-refractivity contribution in [3.8, 4) is 0 Å². The Bertz CT molecular complexity index is 931. The van der Waals surface area contributed by atoms with E-state index in [4.69, 9.17) is 0 Å². The van der Waals surface area contributed by atoms with Crippen LogP contribution in [0.1, 0.15) is 23.5 Å². The first kappa shape index (κ1) is 17.0. The normalized spacial score (nSPS) is 19.4. The molecule has 1 saturated carbocycles. The average molecular weight is 409 g/mol. The largest absolute Gasteiger partial charge is 0.353 e. The lowest BCUT2D eigenvalue weighted by Gasteiger charge is -2.13. The van der Waals surface area contributed by atoms with Crippen LogP contribution < -0.4 is 10.6 Å². The van der Waals surface area contributed by atoms with Crippen molar-refractivity contribution in [3.05, 3.63) is 76.4 Å². The highest BCUT2D eigenvalue weighted by Crippen LogP contribution is 2.40. The molecule has 4 rings (SSSR count). The predicted molar refractivity (Wildman–Crippen MR) is 110 cm³/mol. The maximum atomic E-state index is 4.42. The molecule has 0 bridgehead atoms. The highest BCUT2D eigenvalue weighted by atomic mass is 79.9. The third kappa shape index (κ3) is 3.73. The van der Waals surface area contributed by atoms with Crippen molar-refractivity contribution in [2.24, 2.45) is 4.99 Å². The third-order valence-electron chi connectivity index (χ3n) is 4.82. The van der Waals surface area contributed by atoms with Gasteiger partial charge in [-0.25, -0.2) is 0 Å². The van der Waals surface area contributed by atoms with Crippen LogP contribution in [0.4, 0.5) is 0 Å². The first-order chi connectivity index (χ1) is 12.7. The molecule has 0 amide bonds. The number of nitrogens with one attached hydrogen (secondary N) is 2. The van der Waals surface area contributed by atoms with Gasteiger partial charge in [0.25, 0.3) is 0 Å². The molecule has 3 aromatic rings. The highest BCUT2D eigenvalue weighted by Gasteiger charge is 2.38. The molecule has 1 aliphatic rings. The molecule has 0 radical (unpaired) electrons. The summed E-state index contributed by atoms with van der Waals surface area (Å²) in [4.78, 5) is 8.80. The molecule has 2 N–H and O–H groups in total. The van der Waals surface area contributed by atoms with Crippen molar-refractivity contribution in [1.29, 1.82) is 0 Å². The lowest BCUT2D eigenvalue weighted by Crippen LogP contribution is -2.38. The van der Waals surface area contributed by atoms with Crippen LogP contribution in [-0.2, 0) is 6.54 Å².